The number of aliphatic hydroxyl groups excluding tert-OH is 1. The highest BCUT2D eigenvalue weighted by Gasteiger charge is 2.20. The highest BCUT2D eigenvalue weighted by Crippen LogP contribution is 2.32. The maximum absolute atomic E-state index is 12.9. The molecule has 0 unspecified atom stereocenters. The molecule has 25 heavy (non-hydrogen) atoms. The number of nitrogens with one attached hydrogen (secondary N) is 1. The van der Waals surface area contributed by atoms with Gasteiger partial charge in [0, 0.05) is 0 Å². The van der Waals surface area contributed by atoms with E-state index in [1.807, 2.05) is 0 Å². The highest BCUT2D eigenvalue weighted by molar-refractivity contribution is 5.89. The summed E-state index contributed by atoms with van der Waals surface area (Å²) in [5.74, 6) is 0.855. The summed E-state index contributed by atoms with van der Waals surface area (Å²) in [7, 11) is 3.05. The fraction of sp³-hybridized carbons (Fsp3) is 0.550. The smallest absolute Gasteiger partial charge is 0.231 e. The summed E-state index contributed by atoms with van der Waals surface area (Å²) in [5, 5.41) is 11.1. The van der Waals surface area contributed by atoms with Gasteiger partial charge in [-0.1, -0.05) is 45.1 Å². The number of fused-ring (bicyclic) bond motifs is 1. The number of benzene rings is 1. The van der Waals surface area contributed by atoms with Crippen molar-refractivity contribution in [1.29, 1.82) is 0 Å². The van der Waals surface area contributed by atoms with E-state index in [9.17, 15) is 9.90 Å². The van der Waals surface area contributed by atoms with Crippen LogP contribution in [0.25, 0.3) is 10.9 Å². The topological polar surface area (TPSA) is 71.6 Å². The van der Waals surface area contributed by atoms with Gasteiger partial charge in [0.15, 0.2) is 5.75 Å². The van der Waals surface area contributed by atoms with Crippen LogP contribution in [0.4, 0.5) is 0 Å². The van der Waals surface area contributed by atoms with Crippen LogP contribution in [0.1, 0.15) is 62.8 Å². The Kier molecular flexibility index (Phi) is 6.88. The zero-order chi connectivity index (χ0) is 18.4. The minimum absolute atomic E-state index is 0.215. The van der Waals surface area contributed by atoms with Crippen molar-refractivity contribution in [3.63, 3.8) is 0 Å². The van der Waals surface area contributed by atoms with Crippen molar-refractivity contribution < 1.29 is 14.6 Å². The number of rotatable bonds is 9. The third-order valence-electron chi connectivity index (χ3n) is 4.65. The number of H-pyrrole nitrogens is 1. The molecule has 0 aliphatic rings. The van der Waals surface area contributed by atoms with Gasteiger partial charge in [0.1, 0.15) is 5.75 Å². The highest BCUT2D eigenvalue weighted by atomic mass is 16.5. The standard InChI is InChI=1S/C20H29NO4/c1-5-6-7-8-9-10-15(22)14-11-12-16(24-3)18-17(14)19(23)20(25-4)13(2)21-18/h11-12,15,22H,5-10H2,1-4H3,(H,21,23)/t15-/m1/s1. The summed E-state index contributed by atoms with van der Waals surface area (Å²) < 4.78 is 10.6. The fourth-order valence-corrected chi connectivity index (χ4v) is 3.29. The van der Waals surface area contributed by atoms with Gasteiger partial charge in [0.2, 0.25) is 5.43 Å². The normalized spacial score (nSPS) is 12.4. The van der Waals surface area contributed by atoms with Crippen LogP contribution in [0.5, 0.6) is 11.5 Å². The van der Waals surface area contributed by atoms with Crippen molar-refractivity contribution in [2.24, 2.45) is 0 Å². The molecule has 0 bridgehead atoms. The molecule has 1 aromatic carbocycles. The zero-order valence-electron chi connectivity index (χ0n) is 15.6. The zero-order valence-corrected chi connectivity index (χ0v) is 15.6. The molecule has 1 aromatic heterocycles. The third-order valence-corrected chi connectivity index (χ3v) is 4.65. The lowest BCUT2D eigenvalue weighted by Gasteiger charge is -2.17. The first kappa shape index (κ1) is 19.3. The molecule has 0 fully saturated rings. The molecule has 2 aromatic rings. The number of aliphatic hydroxyl groups is 1. The molecule has 0 aliphatic heterocycles. The number of hydrogen-bond donors (Lipinski definition) is 2. The van der Waals surface area contributed by atoms with Crippen molar-refractivity contribution in [2.45, 2.75) is 58.5 Å². The molecule has 5 heteroatoms. The number of methoxy groups -OCH3 is 2. The fourth-order valence-electron chi connectivity index (χ4n) is 3.29. The number of aryl methyl sites for hydroxylation is 1. The second kappa shape index (κ2) is 8.90. The Morgan fingerprint density at radius 1 is 1.12 bits per heavy atom. The molecular weight excluding hydrogens is 318 g/mol. The quantitative estimate of drug-likeness (QED) is 0.665. The lowest BCUT2D eigenvalue weighted by atomic mass is 9.97. The molecule has 0 saturated heterocycles. The molecule has 0 aliphatic carbocycles. The van der Waals surface area contributed by atoms with Crippen LogP contribution in [0.15, 0.2) is 16.9 Å². The number of unbranched alkanes of at least 4 members (excludes halogenated alkanes) is 4. The van der Waals surface area contributed by atoms with Gasteiger partial charge in [-0.05, 0) is 25.0 Å². The Balaban J connectivity index is 2.41. The second-order valence-electron chi connectivity index (χ2n) is 6.44. The summed E-state index contributed by atoms with van der Waals surface area (Å²) in [6.45, 7) is 3.97. The van der Waals surface area contributed by atoms with Gasteiger partial charge in [-0.25, -0.2) is 0 Å². The molecule has 5 nitrogen and oxygen atoms in total. The molecule has 1 atom stereocenters. The van der Waals surface area contributed by atoms with E-state index >= 15 is 0 Å². The summed E-state index contributed by atoms with van der Waals surface area (Å²) in [6.07, 6.45) is 5.59. The maximum atomic E-state index is 12.9. The van der Waals surface area contributed by atoms with E-state index < -0.39 is 6.10 Å². The average molecular weight is 347 g/mol. The van der Waals surface area contributed by atoms with Gasteiger partial charge in [-0.3, -0.25) is 4.79 Å². The van der Waals surface area contributed by atoms with Crippen LogP contribution in [0, 0.1) is 6.92 Å². The van der Waals surface area contributed by atoms with E-state index in [0.29, 0.717) is 34.3 Å². The van der Waals surface area contributed by atoms with E-state index in [4.69, 9.17) is 9.47 Å². The summed E-state index contributed by atoms with van der Waals surface area (Å²) in [4.78, 5) is 16.1. The predicted octanol–water partition coefficient (Wildman–Crippen LogP) is 4.25. The van der Waals surface area contributed by atoms with Crippen LogP contribution < -0.4 is 14.9 Å². The van der Waals surface area contributed by atoms with Gasteiger partial charge in [-0.2, -0.15) is 0 Å². The van der Waals surface area contributed by atoms with Gasteiger partial charge in [0.25, 0.3) is 0 Å². The number of aromatic nitrogens is 1. The maximum Gasteiger partial charge on any atom is 0.231 e. The van der Waals surface area contributed by atoms with Crippen LogP contribution in [-0.2, 0) is 0 Å². The van der Waals surface area contributed by atoms with E-state index in [-0.39, 0.29) is 11.2 Å². The van der Waals surface area contributed by atoms with Crippen molar-refractivity contribution in [3.05, 3.63) is 33.6 Å². The molecule has 0 saturated carbocycles. The van der Waals surface area contributed by atoms with Crippen LogP contribution in [-0.4, -0.2) is 24.3 Å². The molecule has 0 amide bonds. The summed E-state index contributed by atoms with van der Waals surface area (Å²) in [5.41, 5.74) is 1.66. The third kappa shape index (κ3) is 4.15. The van der Waals surface area contributed by atoms with Gasteiger partial charge >= 0.3 is 0 Å². The van der Waals surface area contributed by atoms with Crippen molar-refractivity contribution >= 4 is 10.9 Å². The van der Waals surface area contributed by atoms with Crippen molar-refractivity contribution in [2.75, 3.05) is 14.2 Å². The van der Waals surface area contributed by atoms with Gasteiger partial charge in [-0.15, -0.1) is 0 Å². The largest absolute Gasteiger partial charge is 0.495 e. The molecule has 138 valence electrons. The summed E-state index contributed by atoms with van der Waals surface area (Å²) in [6, 6.07) is 3.57. The van der Waals surface area contributed by atoms with E-state index in [0.717, 1.165) is 12.8 Å². The number of ether oxygens (including phenoxy) is 2. The van der Waals surface area contributed by atoms with Crippen LogP contribution in [0.2, 0.25) is 0 Å². The second-order valence-corrected chi connectivity index (χ2v) is 6.44. The minimum atomic E-state index is -0.677. The monoisotopic (exact) mass is 347 g/mol. The number of pyridine rings is 1. The first-order valence-electron chi connectivity index (χ1n) is 9.00. The molecule has 2 N–H and O–H groups in total. The lowest BCUT2D eigenvalue weighted by molar-refractivity contribution is 0.164. The molecule has 1 heterocycles. The first-order valence-corrected chi connectivity index (χ1v) is 9.00. The van der Waals surface area contributed by atoms with E-state index in [1.165, 1.54) is 26.4 Å². The van der Waals surface area contributed by atoms with E-state index in [1.54, 1.807) is 26.2 Å². The van der Waals surface area contributed by atoms with Gasteiger partial charge < -0.3 is 19.6 Å². The molecule has 2 rings (SSSR count). The Bertz CT molecular complexity index is 766. The first-order chi connectivity index (χ1) is 12.0. The van der Waals surface area contributed by atoms with Crippen LogP contribution >= 0.6 is 0 Å². The molecular formula is C20H29NO4. The Morgan fingerprint density at radius 3 is 2.48 bits per heavy atom. The average Bonchev–Trinajstić information content (AvgIpc) is 2.60. The van der Waals surface area contributed by atoms with Crippen molar-refractivity contribution in [1.82, 2.24) is 4.98 Å². The Hall–Kier alpha value is -2.01. The number of aromatic amines is 1. The molecule has 0 spiro atoms. The Morgan fingerprint density at radius 2 is 1.84 bits per heavy atom. The lowest BCUT2D eigenvalue weighted by Crippen LogP contribution is -2.13. The van der Waals surface area contributed by atoms with Gasteiger partial charge in [0.05, 0.1) is 36.9 Å². The van der Waals surface area contributed by atoms with Crippen LogP contribution in [0.3, 0.4) is 0 Å². The Labute approximate surface area is 149 Å². The summed E-state index contributed by atoms with van der Waals surface area (Å²) >= 11 is 0. The van der Waals surface area contributed by atoms with E-state index in [2.05, 4.69) is 11.9 Å². The van der Waals surface area contributed by atoms with Crippen molar-refractivity contribution in [3.8, 4) is 11.5 Å². The SMILES string of the molecule is CCCCCCC[C@@H](O)c1ccc(OC)c2[nH]c(C)c(OC)c(=O)c12. The minimum Gasteiger partial charge on any atom is -0.495 e. The predicted molar refractivity (Wildman–Crippen MR) is 101 cm³/mol. The number of hydrogen-bond acceptors (Lipinski definition) is 4. The molecule has 0 radical (unpaired) electrons.